The molecule has 0 aliphatic carbocycles. The van der Waals surface area contributed by atoms with Gasteiger partial charge in [-0.1, -0.05) is 46.9 Å². The second-order valence-corrected chi connectivity index (χ2v) is 10.2. The molecule has 1 amide bonds. The standard InChI is InChI=1S/C23H22N4O2S3/c1-13-5-9-17(10-6-13)27-20-19(32-23(27)30)21(29)26(4)22(25-20)31-12-18(28)24-16-8-7-14(2)15(3)11-16/h5-11H,12H2,1-4H3,(H,24,28). The lowest BCUT2D eigenvalue weighted by atomic mass is 10.1. The van der Waals surface area contributed by atoms with Crippen LogP contribution in [-0.4, -0.2) is 25.8 Å². The summed E-state index contributed by atoms with van der Waals surface area (Å²) in [6.45, 7) is 6.05. The van der Waals surface area contributed by atoms with Crippen molar-refractivity contribution in [1.29, 1.82) is 0 Å². The molecule has 0 saturated carbocycles. The number of nitrogens with one attached hydrogen (secondary N) is 1. The Kier molecular flexibility index (Phi) is 6.32. The van der Waals surface area contributed by atoms with Crippen molar-refractivity contribution < 1.29 is 4.79 Å². The number of rotatable bonds is 5. The summed E-state index contributed by atoms with van der Waals surface area (Å²) >= 11 is 8.01. The molecule has 2 heterocycles. The fourth-order valence-corrected chi connectivity index (χ4v) is 5.32. The van der Waals surface area contributed by atoms with Crippen LogP contribution in [0.15, 0.2) is 52.4 Å². The number of thiazole rings is 1. The number of amides is 1. The van der Waals surface area contributed by atoms with E-state index in [1.165, 1.54) is 33.2 Å². The predicted octanol–water partition coefficient (Wildman–Crippen LogP) is 5.17. The molecule has 0 bridgehead atoms. The number of hydrogen-bond acceptors (Lipinski definition) is 6. The quantitative estimate of drug-likeness (QED) is 0.241. The van der Waals surface area contributed by atoms with Crippen molar-refractivity contribution >= 4 is 57.3 Å². The van der Waals surface area contributed by atoms with E-state index >= 15 is 0 Å². The zero-order chi connectivity index (χ0) is 23.0. The van der Waals surface area contributed by atoms with Crippen molar-refractivity contribution in [3.8, 4) is 5.69 Å². The van der Waals surface area contributed by atoms with Gasteiger partial charge in [-0.05, 0) is 68.4 Å². The Morgan fingerprint density at radius 2 is 1.84 bits per heavy atom. The molecule has 32 heavy (non-hydrogen) atoms. The van der Waals surface area contributed by atoms with Crippen LogP contribution in [0.4, 0.5) is 5.69 Å². The van der Waals surface area contributed by atoms with Crippen LogP contribution < -0.4 is 10.9 Å². The van der Waals surface area contributed by atoms with Crippen molar-refractivity contribution in [2.45, 2.75) is 25.9 Å². The Morgan fingerprint density at radius 1 is 1.12 bits per heavy atom. The monoisotopic (exact) mass is 482 g/mol. The van der Waals surface area contributed by atoms with Crippen LogP contribution in [0, 0.1) is 24.7 Å². The van der Waals surface area contributed by atoms with E-state index < -0.39 is 0 Å². The minimum atomic E-state index is -0.172. The molecule has 6 nitrogen and oxygen atoms in total. The maximum Gasteiger partial charge on any atom is 0.273 e. The van der Waals surface area contributed by atoms with Gasteiger partial charge in [0.15, 0.2) is 14.8 Å². The average Bonchev–Trinajstić information content (AvgIpc) is 3.09. The first-order chi connectivity index (χ1) is 15.2. The second kappa shape index (κ2) is 9.01. The van der Waals surface area contributed by atoms with Crippen molar-refractivity contribution in [3.63, 3.8) is 0 Å². The van der Waals surface area contributed by atoms with Crippen LogP contribution >= 0.6 is 35.3 Å². The zero-order valence-electron chi connectivity index (χ0n) is 18.1. The molecular weight excluding hydrogens is 460 g/mol. The molecule has 0 spiro atoms. The Morgan fingerprint density at radius 3 is 2.53 bits per heavy atom. The van der Waals surface area contributed by atoms with E-state index in [0.29, 0.717) is 19.5 Å². The second-order valence-electron chi connectivity index (χ2n) is 7.59. The lowest BCUT2D eigenvalue weighted by molar-refractivity contribution is -0.113. The van der Waals surface area contributed by atoms with Gasteiger partial charge in [-0.15, -0.1) is 0 Å². The minimum absolute atomic E-state index is 0.133. The Labute approximate surface area is 198 Å². The summed E-state index contributed by atoms with van der Waals surface area (Å²) in [4.78, 5) is 30.2. The lowest BCUT2D eigenvalue weighted by Crippen LogP contribution is -2.21. The number of nitrogens with zero attached hydrogens (tertiary/aromatic N) is 3. The van der Waals surface area contributed by atoms with Crippen LogP contribution in [0.5, 0.6) is 0 Å². The number of thioether (sulfide) groups is 1. The number of carbonyl (C=O) groups excluding carboxylic acids is 1. The van der Waals surface area contributed by atoms with Gasteiger partial charge in [0.1, 0.15) is 4.70 Å². The van der Waals surface area contributed by atoms with E-state index in [9.17, 15) is 9.59 Å². The molecule has 0 fully saturated rings. The van der Waals surface area contributed by atoms with E-state index in [1.54, 1.807) is 7.05 Å². The van der Waals surface area contributed by atoms with Crippen LogP contribution in [0.25, 0.3) is 16.0 Å². The molecule has 0 radical (unpaired) electrons. The average molecular weight is 483 g/mol. The fourth-order valence-electron chi connectivity index (χ4n) is 3.21. The number of carbonyl (C=O) groups is 1. The van der Waals surface area contributed by atoms with Crippen LogP contribution in [0.1, 0.15) is 16.7 Å². The van der Waals surface area contributed by atoms with E-state index in [0.717, 1.165) is 22.5 Å². The Hall–Kier alpha value is -2.75. The number of benzene rings is 2. The maximum absolute atomic E-state index is 13.0. The smallest absolute Gasteiger partial charge is 0.273 e. The lowest BCUT2D eigenvalue weighted by Gasteiger charge is -2.10. The summed E-state index contributed by atoms with van der Waals surface area (Å²) in [7, 11) is 1.66. The maximum atomic E-state index is 13.0. The largest absolute Gasteiger partial charge is 0.325 e. The van der Waals surface area contributed by atoms with Crippen molar-refractivity contribution in [1.82, 2.24) is 14.1 Å². The SMILES string of the molecule is Cc1ccc(-n2c(=S)sc3c(=O)n(C)c(SCC(=O)Nc4ccc(C)c(C)c4)nc32)cc1. The van der Waals surface area contributed by atoms with Crippen molar-refractivity contribution in [2.24, 2.45) is 7.05 Å². The Balaban J connectivity index is 1.63. The predicted molar refractivity (Wildman–Crippen MR) is 135 cm³/mol. The number of aromatic nitrogens is 3. The van der Waals surface area contributed by atoms with E-state index in [1.807, 2.05) is 67.8 Å². The van der Waals surface area contributed by atoms with Gasteiger partial charge in [0, 0.05) is 18.4 Å². The first-order valence-electron chi connectivity index (χ1n) is 9.94. The molecule has 0 atom stereocenters. The van der Waals surface area contributed by atoms with Gasteiger partial charge in [0.25, 0.3) is 5.56 Å². The third kappa shape index (κ3) is 4.41. The van der Waals surface area contributed by atoms with E-state index in [2.05, 4.69) is 5.32 Å². The molecule has 0 aliphatic rings. The van der Waals surface area contributed by atoms with Gasteiger partial charge < -0.3 is 5.32 Å². The minimum Gasteiger partial charge on any atom is -0.325 e. The van der Waals surface area contributed by atoms with Gasteiger partial charge in [0.2, 0.25) is 5.91 Å². The summed E-state index contributed by atoms with van der Waals surface area (Å²) in [5, 5.41) is 3.37. The molecule has 2 aromatic carbocycles. The molecule has 0 unspecified atom stereocenters. The van der Waals surface area contributed by atoms with Crippen molar-refractivity contribution in [2.75, 3.05) is 11.1 Å². The van der Waals surface area contributed by atoms with E-state index in [4.69, 9.17) is 17.2 Å². The van der Waals surface area contributed by atoms with Gasteiger partial charge in [-0.25, -0.2) is 4.98 Å². The highest BCUT2D eigenvalue weighted by Crippen LogP contribution is 2.26. The van der Waals surface area contributed by atoms with Gasteiger partial charge >= 0.3 is 0 Å². The molecule has 4 aromatic rings. The van der Waals surface area contributed by atoms with Crippen LogP contribution in [0.2, 0.25) is 0 Å². The summed E-state index contributed by atoms with van der Waals surface area (Å²) < 4.78 is 4.35. The molecule has 1 N–H and O–H groups in total. The molecule has 164 valence electrons. The molecule has 9 heteroatoms. The number of anilines is 1. The third-order valence-electron chi connectivity index (χ3n) is 5.19. The van der Waals surface area contributed by atoms with Gasteiger partial charge in [-0.3, -0.25) is 18.7 Å². The molecule has 0 saturated heterocycles. The first-order valence-corrected chi connectivity index (χ1v) is 12.1. The molecule has 0 aliphatic heterocycles. The van der Waals surface area contributed by atoms with Crippen LogP contribution in [0.3, 0.4) is 0 Å². The number of hydrogen-bond donors (Lipinski definition) is 1. The van der Waals surface area contributed by atoms with E-state index in [-0.39, 0.29) is 17.2 Å². The highest BCUT2D eigenvalue weighted by molar-refractivity contribution is 7.99. The topological polar surface area (TPSA) is 68.9 Å². The number of aryl methyl sites for hydroxylation is 3. The zero-order valence-corrected chi connectivity index (χ0v) is 20.6. The molecule has 2 aromatic heterocycles. The summed E-state index contributed by atoms with van der Waals surface area (Å²) in [5.41, 5.74) is 5.37. The van der Waals surface area contributed by atoms with Crippen LogP contribution in [-0.2, 0) is 11.8 Å². The van der Waals surface area contributed by atoms with Crippen molar-refractivity contribution in [3.05, 3.63) is 73.5 Å². The summed E-state index contributed by atoms with van der Waals surface area (Å²) in [6, 6.07) is 13.7. The Bertz CT molecular complexity index is 1450. The highest BCUT2D eigenvalue weighted by Gasteiger charge is 2.17. The van der Waals surface area contributed by atoms with Gasteiger partial charge in [0.05, 0.1) is 5.75 Å². The summed E-state index contributed by atoms with van der Waals surface area (Å²) in [5.74, 6) is -0.0259. The fraction of sp³-hybridized carbons (Fsp3) is 0.217. The highest BCUT2D eigenvalue weighted by atomic mass is 32.2. The first kappa shape index (κ1) is 22.4. The molecular formula is C23H22N4O2S3. The number of fused-ring (bicyclic) bond motifs is 1. The molecule has 4 rings (SSSR count). The normalized spacial score (nSPS) is 11.1. The summed E-state index contributed by atoms with van der Waals surface area (Å²) in [6.07, 6.45) is 0. The van der Waals surface area contributed by atoms with Gasteiger partial charge in [-0.2, -0.15) is 0 Å². The third-order valence-corrected chi connectivity index (χ3v) is 7.57.